The van der Waals surface area contributed by atoms with Crippen molar-refractivity contribution in [3.8, 4) is 5.75 Å². The van der Waals surface area contributed by atoms with Crippen LogP contribution in [0.4, 0.5) is 0 Å². The molecule has 0 aromatic heterocycles. The zero-order chi connectivity index (χ0) is 18.4. The molecule has 0 radical (unpaired) electrons. The first-order valence-corrected chi connectivity index (χ1v) is 9.52. The first-order valence-electron chi connectivity index (χ1n) is 9.52. The third-order valence-electron chi connectivity index (χ3n) is 5.09. The Hall–Kier alpha value is -1.55. The van der Waals surface area contributed by atoms with Crippen LogP contribution in [0.25, 0.3) is 0 Å². The fourth-order valence-corrected chi connectivity index (χ4v) is 3.38. The fourth-order valence-electron chi connectivity index (χ4n) is 3.38. The standard InChI is InChI=1S/C21H34N2O2/c1-16(2)15-25-19-8-6-18(7-9-19)21(3,4)20(24)23-12-10-17(11-13-23)14-22-5/h6-9,16-17,22H,10-15H2,1-5H3. The second kappa shape index (κ2) is 8.70. The van der Waals surface area contributed by atoms with Crippen LogP contribution < -0.4 is 10.1 Å². The summed E-state index contributed by atoms with van der Waals surface area (Å²) in [6.45, 7) is 11.8. The molecule has 2 rings (SSSR count). The summed E-state index contributed by atoms with van der Waals surface area (Å²) in [5, 5.41) is 3.24. The molecule has 0 saturated carbocycles. The molecule has 140 valence electrons. The number of nitrogens with zero attached hydrogens (tertiary/aromatic N) is 1. The average Bonchev–Trinajstić information content (AvgIpc) is 2.60. The van der Waals surface area contributed by atoms with E-state index in [-0.39, 0.29) is 5.91 Å². The van der Waals surface area contributed by atoms with Gasteiger partial charge in [-0.3, -0.25) is 4.79 Å². The van der Waals surface area contributed by atoms with Crippen molar-refractivity contribution >= 4 is 5.91 Å². The van der Waals surface area contributed by atoms with Crippen LogP contribution in [0.3, 0.4) is 0 Å². The number of hydrogen-bond donors (Lipinski definition) is 1. The van der Waals surface area contributed by atoms with Gasteiger partial charge in [0.25, 0.3) is 0 Å². The summed E-state index contributed by atoms with van der Waals surface area (Å²) < 4.78 is 5.75. The van der Waals surface area contributed by atoms with Crippen molar-refractivity contribution in [3.63, 3.8) is 0 Å². The number of likely N-dealkylation sites (tertiary alicyclic amines) is 1. The van der Waals surface area contributed by atoms with Gasteiger partial charge in [0.05, 0.1) is 12.0 Å². The monoisotopic (exact) mass is 346 g/mol. The lowest BCUT2D eigenvalue weighted by Gasteiger charge is -2.37. The zero-order valence-corrected chi connectivity index (χ0v) is 16.5. The lowest BCUT2D eigenvalue weighted by Crippen LogP contribution is -2.47. The van der Waals surface area contributed by atoms with Gasteiger partial charge in [-0.05, 0) is 69.8 Å². The lowest BCUT2D eigenvalue weighted by molar-refractivity contribution is -0.137. The highest BCUT2D eigenvalue weighted by atomic mass is 16.5. The van der Waals surface area contributed by atoms with E-state index in [1.54, 1.807) is 0 Å². The summed E-state index contributed by atoms with van der Waals surface area (Å²) in [5.74, 6) is 2.29. The highest BCUT2D eigenvalue weighted by Crippen LogP contribution is 2.29. The second-order valence-electron chi connectivity index (χ2n) is 8.15. The van der Waals surface area contributed by atoms with Gasteiger partial charge in [0.2, 0.25) is 5.91 Å². The molecule has 1 amide bonds. The molecule has 1 saturated heterocycles. The summed E-state index contributed by atoms with van der Waals surface area (Å²) in [7, 11) is 2.00. The van der Waals surface area contributed by atoms with Crippen molar-refractivity contribution in [3.05, 3.63) is 29.8 Å². The molecule has 1 heterocycles. The zero-order valence-electron chi connectivity index (χ0n) is 16.5. The van der Waals surface area contributed by atoms with Crippen molar-refractivity contribution in [1.29, 1.82) is 0 Å². The van der Waals surface area contributed by atoms with E-state index in [9.17, 15) is 4.79 Å². The van der Waals surface area contributed by atoms with E-state index in [2.05, 4.69) is 19.2 Å². The quantitative estimate of drug-likeness (QED) is 0.822. The highest BCUT2D eigenvalue weighted by Gasteiger charge is 2.35. The van der Waals surface area contributed by atoms with E-state index in [0.29, 0.717) is 18.4 Å². The van der Waals surface area contributed by atoms with Crippen LogP contribution in [-0.4, -0.2) is 44.1 Å². The number of carbonyl (C=O) groups excluding carboxylic acids is 1. The van der Waals surface area contributed by atoms with Crippen LogP contribution in [-0.2, 0) is 10.2 Å². The van der Waals surface area contributed by atoms with Crippen molar-refractivity contribution < 1.29 is 9.53 Å². The van der Waals surface area contributed by atoms with Gasteiger partial charge in [0, 0.05) is 13.1 Å². The highest BCUT2D eigenvalue weighted by molar-refractivity contribution is 5.87. The van der Waals surface area contributed by atoms with Gasteiger partial charge in [-0.25, -0.2) is 0 Å². The van der Waals surface area contributed by atoms with E-state index < -0.39 is 5.41 Å². The summed E-state index contributed by atoms with van der Waals surface area (Å²) in [6, 6.07) is 8.01. The molecule has 4 nitrogen and oxygen atoms in total. The summed E-state index contributed by atoms with van der Waals surface area (Å²) in [6.07, 6.45) is 2.18. The average molecular weight is 347 g/mol. The van der Waals surface area contributed by atoms with E-state index in [4.69, 9.17) is 4.74 Å². The molecule has 0 atom stereocenters. The molecule has 25 heavy (non-hydrogen) atoms. The maximum absolute atomic E-state index is 13.1. The number of rotatable bonds is 7. The number of amides is 1. The summed E-state index contributed by atoms with van der Waals surface area (Å²) in [5.41, 5.74) is 0.540. The van der Waals surface area contributed by atoms with Crippen LogP contribution >= 0.6 is 0 Å². The predicted octanol–water partition coefficient (Wildman–Crippen LogP) is 3.46. The topological polar surface area (TPSA) is 41.6 Å². The van der Waals surface area contributed by atoms with E-state index in [0.717, 1.165) is 43.8 Å². The van der Waals surface area contributed by atoms with Gasteiger partial charge in [-0.15, -0.1) is 0 Å². The number of piperidine rings is 1. The van der Waals surface area contributed by atoms with E-state index >= 15 is 0 Å². The van der Waals surface area contributed by atoms with Crippen molar-refractivity contribution in [2.24, 2.45) is 11.8 Å². The van der Waals surface area contributed by atoms with Crippen LogP contribution in [0.1, 0.15) is 46.1 Å². The van der Waals surface area contributed by atoms with Gasteiger partial charge < -0.3 is 15.0 Å². The second-order valence-corrected chi connectivity index (χ2v) is 8.15. The smallest absolute Gasteiger partial charge is 0.232 e. The minimum absolute atomic E-state index is 0.228. The molecule has 0 spiro atoms. The number of hydrogen-bond acceptors (Lipinski definition) is 3. The normalized spacial score (nSPS) is 16.3. The molecule has 0 aliphatic carbocycles. The Labute approximate surface area is 152 Å². The largest absolute Gasteiger partial charge is 0.493 e. The molecule has 1 N–H and O–H groups in total. The molecule has 1 fully saturated rings. The summed E-state index contributed by atoms with van der Waals surface area (Å²) >= 11 is 0. The Balaban J connectivity index is 1.98. The van der Waals surface area contributed by atoms with Gasteiger partial charge in [0.15, 0.2) is 0 Å². The van der Waals surface area contributed by atoms with Gasteiger partial charge >= 0.3 is 0 Å². The number of nitrogens with one attached hydrogen (secondary N) is 1. The Bertz CT molecular complexity index is 544. The van der Waals surface area contributed by atoms with Gasteiger partial charge in [-0.1, -0.05) is 26.0 Å². The van der Waals surface area contributed by atoms with Crippen molar-refractivity contribution in [1.82, 2.24) is 10.2 Å². The Kier molecular flexibility index (Phi) is 6.88. The minimum Gasteiger partial charge on any atom is -0.493 e. The van der Waals surface area contributed by atoms with Crippen molar-refractivity contribution in [2.45, 2.75) is 46.0 Å². The molecular formula is C21H34N2O2. The Morgan fingerprint density at radius 2 is 1.84 bits per heavy atom. The molecule has 1 aromatic carbocycles. The SMILES string of the molecule is CNCC1CCN(C(=O)C(C)(C)c2ccc(OCC(C)C)cc2)CC1. The van der Waals surface area contributed by atoms with Crippen LogP contribution in [0.2, 0.25) is 0 Å². The molecule has 4 heteroatoms. The number of ether oxygens (including phenoxy) is 1. The maximum atomic E-state index is 13.1. The lowest BCUT2D eigenvalue weighted by atomic mass is 9.82. The summed E-state index contributed by atoms with van der Waals surface area (Å²) in [4.78, 5) is 15.1. The number of benzene rings is 1. The molecule has 0 unspecified atom stereocenters. The fraction of sp³-hybridized carbons (Fsp3) is 0.667. The number of carbonyl (C=O) groups is 1. The van der Waals surface area contributed by atoms with Gasteiger partial charge in [-0.2, -0.15) is 0 Å². The molecule has 0 bridgehead atoms. The first kappa shape index (κ1) is 19.8. The molecular weight excluding hydrogens is 312 g/mol. The Morgan fingerprint density at radius 3 is 2.36 bits per heavy atom. The third kappa shape index (κ3) is 5.21. The van der Waals surface area contributed by atoms with E-state index in [1.165, 1.54) is 0 Å². The van der Waals surface area contributed by atoms with Crippen molar-refractivity contribution in [2.75, 3.05) is 33.3 Å². The Morgan fingerprint density at radius 1 is 1.24 bits per heavy atom. The van der Waals surface area contributed by atoms with Crippen LogP contribution in [0.5, 0.6) is 5.75 Å². The van der Waals surface area contributed by atoms with Crippen LogP contribution in [0, 0.1) is 11.8 Å². The molecule has 1 aliphatic heterocycles. The van der Waals surface area contributed by atoms with Gasteiger partial charge in [0.1, 0.15) is 5.75 Å². The van der Waals surface area contributed by atoms with E-state index in [1.807, 2.05) is 50.1 Å². The first-order chi connectivity index (χ1) is 11.8. The third-order valence-corrected chi connectivity index (χ3v) is 5.09. The minimum atomic E-state index is -0.508. The maximum Gasteiger partial charge on any atom is 0.232 e. The van der Waals surface area contributed by atoms with Crippen LogP contribution in [0.15, 0.2) is 24.3 Å². The molecule has 1 aliphatic rings. The predicted molar refractivity (Wildman–Crippen MR) is 103 cm³/mol. The molecule has 1 aromatic rings.